The number of fused-ring (bicyclic) bond motifs is 2. The molecule has 4 heteroatoms. The van der Waals surface area contributed by atoms with Gasteiger partial charge in [0.15, 0.2) is 0 Å². The quantitative estimate of drug-likeness (QED) is 0.198. The molecule has 0 bridgehead atoms. The third-order valence-electron chi connectivity index (χ3n) is 3.31. The Morgan fingerprint density at radius 2 is 1.28 bits per heavy atom. The van der Waals surface area contributed by atoms with E-state index in [2.05, 4.69) is 92.7 Å². The molecule has 0 amide bonds. The van der Waals surface area contributed by atoms with Crippen molar-refractivity contribution in [3.8, 4) is 0 Å². The van der Waals surface area contributed by atoms with Crippen LogP contribution in [0.15, 0.2) is 78.9 Å². The van der Waals surface area contributed by atoms with E-state index in [1.807, 2.05) is 0 Å². The molecule has 0 fully saturated rings. The average molecular weight is 467 g/mol. The molecule has 0 unspecified atom stereocenters. The maximum Gasteiger partial charge on any atom is -0.0809 e. The topological polar surface area (TPSA) is 0 Å². The number of benzene rings is 2. The summed E-state index contributed by atoms with van der Waals surface area (Å²) < 4.78 is 0. The van der Waals surface area contributed by atoms with E-state index in [1.165, 1.54) is 50.4 Å². The summed E-state index contributed by atoms with van der Waals surface area (Å²) >= 11 is 1.36. The molecule has 0 saturated heterocycles. The second-order valence-electron chi connectivity index (χ2n) is 4.82. The Morgan fingerprint density at radius 3 is 1.84 bits per heavy atom. The summed E-state index contributed by atoms with van der Waals surface area (Å²) in [4.78, 5) is 0. The average Bonchev–Trinajstić information content (AvgIpc) is 3.14. The second-order valence-corrected chi connectivity index (χ2v) is 4.82. The third kappa shape index (κ3) is 8.51. The van der Waals surface area contributed by atoms with Crippen LogP contribution < -0.4 is 0 Å². The molecule has 0 spiro atoms. The van der Waals surface area contributed by atoms with E-state index in [0.29, 0.717) is 0 Å². The van der Waals surface area contributed by atoms with Crippen molar-refractivity contribution in [3.05, 3.63) is 99.3 Å². The molecule has 0 aliphatic heterocycles. The molecule has 0 saturated carbocycles. The second kappa shape index (κ2) is 15.6. The van der Waals surface area contributed by atoms with Crippen LogP contribution in [0.2, 0.25) is 0 Å². The van der Waals surface area contributed by atoms with E-state index in [0.717, 1.165) is 0 Å². The van der Waals surface area contributed by atoms with Gasteiger partial charge in [0.2, 0.25) is 0 Å². The maximum atomic E-state index is 3.06. The van der Waals surface area contributed by atoms with Gasteiger partial charge in [-0.15, -0.1) is 95.1 Å². The number of hydrogen-bond donors (Lipinski definition) is 0. The van der Waals surface area contributed by atoms with E-state index >= 15 is 0 Å². The third-order valence-corrected chi connectivity index (χ3v) is 3.31. The predicted octanol–water partition coefficient (Wildman–Crippen LogP) is 6.79. The Hall–Kier alpha value is -0.660. The molecule has 0 aliphatic carbocycles. The van der Waals surface area contributed by atoms with Gasteiger partial charge in [-0.2, -0.15) is 23.6 Å². The first-order valence-electron chi connectivity index (χ1n) is 6.80. The van der Waals surface area contributed by atoms with Crippen LogP contribution in [0, 0.1) is 21.8 Å². The van der Waals surface area contributed by atoms with Gasteiger partial charge in [-0.05, 0) is 0 Å². The van der Waals surface area contributed by atoms with Crippen LogP contribution in [0.1, 0.15) is 5.56 Å². The number of halogens is 2. The van der Waals surface area contributed by atoms with Crippen LogP contribution in [0.5, 0.6) is 0 Å². The van der Waals surface area contributed by atoms with Crippen molar-refractivity contribution >= 4 is 53.2 Å². The van der Waals surface area contributed by atoms with Gasteiger partial charge < -0.3 is 14.9 Å². The van der Waals surface area contributed by atoms with Gasteiger partial charge in [-0.1, -0.05) is 19.1 Å². The standard InChI is InChI=1S/C10H9.C9H7.2CH3.2ClH.Si.Zr/c1-8-6-9-4-2-3-5-10(9)7-8;1-2-5-9-7-3-6-8(9)4-1;;;;;;/h2-7H,1H3;1-7H;2*1H3;2*1H;;/q4*-1;;;;. The minimum atomic E-state index is 0. The minimum Gasteiger partial charge on any atom is -0.168 e. The largest absolute Gasteiger partial charge is 0.168 e. The zero-order chi connectivity index (χ0) is 15.1. The fourth-order valence-corrected chi connectivity index (χ4v) is 2.38. The normalized spacial score (nSPS) is 8.00. The number of aryl methyl sites for hydroxylation is 1. The van der Waals surface area contributed by atoms with Crippen LogP contribution in [0.3, 0.4) is 0 Å². The Balaban J connectivity index is -0.000000308. The first-order chi connectivity index (χ1) is 10.3. The van der Waals surface area contributed by atoms with Crippen molar-refractivity contribution < 1.29 is 23.3 Å². The van der Waals surface area contributed by atoms with Crippen molar-refractivity contribution in [2.24, 2.45) is 0 Å². The van der Waals surface area contributed by atoms with Crippen LogP contribution in [0.4, 0.5) is 0 Å². The van der Waals surface area contributed by atoms with Crippen molar-refractivity contribution in [3.63, 3.8) is 0 Å². The molecular formula is C21H24Cl2SiZr-4. The summed E-state index contributed by atoms with van der Waals surface area (Å²) in [7, 11) is 0. The minimum absolute atomic E-state index is 0. The van der Waals surface area contributed by atoms with E-state index in [9.17, 15) is 0 Å². The monoisotopic (exact) mass is 464 g/mol. The van der Waals surface area contributed by atoms with Gasteiger partial charge >= 0.3 is 30.2 Å². The smallest absolute Gasteiger partial charge is 0.0809 e. The molecule has 0 atom stereocenters. The van der Waals surface area contributed by atoms with Crippen LogP contribution in [-0.2, 0) is 23.3 Å². The summed E-state index contributed by atoms with van der Waals surface area (Å²) in [5, 5.41) is 5.36. The van der Waals surface area contributed by atoms with Crippen LogP contribution >= 0.6 is 24.8 Å². The first-order valence-corrected chi connectivity index (χ1v) is 11.0. The van der Waals surface area contributed by atoms with E-state index < -0.39 is 0 Å². The Morgan fingerprint density at radius 1 is 0.760 bits per heavy atom. The van der Waals surface area contributed by atoms with Gasteiger partial charge in [-0.3, -0.25) is 0 Å². The van der Waals surface area contributed by atoms with Crippen molar-refractivity contribution in [2.75, 3.05) is 0 Å². The molecule has 0 aromatic heterocycles. The first kappa shape index (κ1) is 29.1. The zero-order valence-electron chi connectivity index (χ0n) is 14.8. The molecule has 0 nitrogen and oxygen atoms in total. The Kier molecular flexibility index (Phi) is 18.1. The Bertz CT molecular complexity index is 757. The Labute approximate surface area is 181 Å². The van der Waals surface area contributed by atoms with Crippen LogP contribution in [0.25, 0.3) is 21.5 Å². The summed E-state index contributed by atoms with van der Waals surface area (Å²) in [6.07, 6.45) is 0. The zero-order valence-corrected chi connectivity index (χ0v) is 19.9. The van der Waals surface area contributed by atoms with E-state index in [-0.39, 0.29) is 39.7 Å². The van der Waals surface area contributed by atoms with Crippen molar-refractivity contribution in [1.82, 2.24) is 0 Å². The van der Waals surface area contributed by atoms with Gasteiger partial charge in [-0.25, -0.2) is 0 Å². The molecule has 0 heterocycles. The molecule has 2 radical (unpaired) electrons. The van der Waals surface area contributed by atoms with Gasteiger partial charge in [0.05, 0.1) is 0 Å². The molecule has 0 aliphatic rings. The maximum absolute atomic E-state index is 3.06. The summed E-state index contributed by atoms with van der Waals surface area (Å²) in [5.41, 5.74) is 1.35. The van der Waals surface area contributed by atoms with Crippen molar-refractivity contribution in [2.45, 2.75) is 6.92 Å². The summed E-state index contributed by atoms with van der Waals surface area (Å²) in [6.45, 7) is 5.19. The predicted molar refractivity (Wildman–Crippen MR) is 117 cm³/mol. The molecule has 4 rings (SSSR count). The fraction of sp³-hybridized carbons (Fsp3) is 0.0476. The van der Waals surface area contributed by atoms with Gasteiger partial charge in [0.1, 0.15) is 0 Å². The number of hydrogen-bond acceptors (Lipinski definition) is 0. The summed E-state index contributed by atoms with van der Waals surface area (Å²) in [6, 6.07) is 27.5. The fourth-order valence-electron chi connectivity index (χ4n) is 2.38. The summed E-state index contributed by atoms with van der Waals surface area (Å²) in [5.74, 6) is 0. The molecule has 134 valence electrons. The van der Waals surface area contributed by atoms with Crippen molar-refractivity contribution in [1.29, 1.82) is 0 Å². The van der Waals surface area contributed by atoms with E-state index in [1.54, 1.807) is 0 Å². The molecule has 25 heavy (non-hydrogen) atoms. The molecule has 4 aromatic rings. The van der Waals surface area contributed by atoms with Crippen LogP contribution in [-0.4, -0.2) is 6.88 Å². The van der Waals surface area contributed by atoms with Gasteiger partial charge in [0, 0.05) is 0 Å². The molecular weight excluding hydrogens is 442 g/mol. The van der Waals surface area contributed by atoms with Gasteiger partial charge in [0.25, 0.3) is 0 Å². The number of rotatable bonds is 0. The SMILES string of the molecule is Cc1cc2ccccc2[cH-]1.Cl.Cl.[CH3-].[CH3-].[Si]=[Zr].c1ccc2[cH-]ccc2c1. The molecule has 4 aromatic carbocycles. The van der Waals surface area contributed by atoms with E-state index in [4.69, 9.17) is 0 Å². The molecule has 0 N–H and O–H groups in total.